The van der Waals surface area contributed by atoms with Gasteiger partial charge in [-0.25, -0.2) is 9.18 Å². The van der Waals surface area contributed by atoms with Crippen molar-refractivity contribution in [2.45, 2.75) is 19.5 Å². The topological polar surface area (TPSA) is 81.8 Å². The van der Waals surface area contributed by atoms with Crippen LogP contribution in [0, 0.1) is 5.82 Å². The number of halogens is 1. The van der Waals surface area contributed by atoms with Crippen LogP contribution in [0.3, 0.4) is 0 Å². The van der Waals surface area contributed by atoms with Crippen molar-refractivity contribution < 1.29 is 9.18 Å². The molecule has 0 aliphatic carbocycles. The molecule has 0 aliphatic rings. The van der Waals surface area contributed by atoms with E-state index in [9.17, 15) is 14.0 Å². The zero-order valence-corrected chi connectivity index (χ0v) is 13.5. The third-order valence-corrected chi connectivity index (χ3v) is 3.68. The van der Waals surface area contributed by atoms with E-state index < -0.39 is 5.69 Å². The fourth-order valence-electron chi connectivity index (χ4n) is 2.36. The number of tetrazole rings is 1. The van der Waals surface area contributed by atoms with Gasteiger partial charge in [-0.3, -0.25) is 4.79 Å². The van der Waals surface area contributed by atoms with Gasteiger partial charge in [-0.1, -0.05) is 30.3 Å². The van der Waals surface area contributed by atoms with Gasteiger partial charge in [0, 0.05) is 0 Å². The number of rotatable bonds is 5. The van der Waals surface area contributed by atoms with Gasteiger partial charge >= 0.3 is 5.69 Å². The highest BCUT2D eigenvalue weighted by atomic mass is 19.1. The van der Waals surface area contributed by atoms with E-state index in [1.165, 1.54) is 12.1 Å². The largest absolute Gasteiger partial charge is 0.368 e. The smallest absolute Gasteiger partial charge is 0.348 e. The Labute approximate surface area is 142 Å². The van der Waals surface area contributed by atoms with E-state index in [1.807, 2.05) is 6.07 Å². The Morgan fingerprint density at radius 2 is 1.80 bits per heavy atom. The van der Waals surface area contributed by atoms with Crippen LogP contribution in [-0.4, -0.2) is 25.7 Å². The molecular weight excluding hydrogens is 325 g/mol. The summed E-state index contributed by atoms with van der Waals surface area (Å²) in [6, 6.07) is 14.3. The number of nitrogens with zero attached hydrogens (tertiary/aromatic N) is 4. The Kier molecular flexibility index (Phi) is 4.69. The van der Waals surface area contributed by atoms with Crippen molar-refractivity contribution in [1.82, 2.24) is 25.1 Å². The number of aromatic nitrogens is 4. The Bertz CT molecular complexity index is 918. The Balaban J connectivity index is 1.68. The number of carbonyl (C=O) groups excluding carboxylic acids is 1. The van der Waals surface area contributed by atoms with E-state index in [0.29, 0.717) is 5.69 Å². The third-order valence-electron chi connectivity index (χ3n) is 3.68. The molecule has 1 heterocycles. The van der Waals surface area contributed by atoms with Crippen LogP contribution >= 0.6 is 0 Å². The molecule has 3 rings (SSSR count). The van der Waals surface area contributed by atoms with Crippen LogP contribution in [0.5, 0.6) is 0 Å². The van der Waals surface area contributed by atoms with Crippen molar-refractivity contribution in [2.75, 3.05) is 0 Å². The van der Waals surface area contributed by atoms with E-state index in [4.69, 9.17) is 0 Å². The monoisotopic (exact) mass is 341 g/mol. The van der Waals surface area contributed by atoms with Crippen LogP contribution in [0.1, 0.15) is 18.5 Å². The second-order valence-corrected chi connectivity index (χ2v) is 5.51. The second kappa shape index (κ2) is 7.08. The zero-order valence-electron chi connectivity index (χ0n) is 13.5. The van der Waals surface area contributed by atoms with Crippen LogP contribution < -0.4 is 11.0 Å². The molecule has 0 bridgehead atoms. The first-order valence-corrected chi connectivity index (χ1v) is 7.67. The molecule has 25 heavy (non-hydrogen) atoms. The molecule has 1 amide bonds. The molecule has 0 spiro atoms. The number of nitrogens with one attached hydrogen (secondary N) is 1. The molecule has 8 heteroatoms. The predicted molar refractivity (Wildman–Crippen MR) is 88.6 cm³/mol. The number of hydrogen-bond donors (Lipinski definition) is 1. The lowest BCUT2D eigenvalue weighted by Crippen LogP contribution is -2.34. The molecule has 3 aromatic rings. The summed E-state index contributed by atoms with van der Waals surface area (Å²) >= 11 is 0. The van der Waals surface area contributed by atoms with Crippen LogP contribution in [-0.2, 0) is 11.3 Å². The van der Waals surface area contributed by atoms with Crippen molar-refractivity contribution in [2.24, 2.45) is 0 Å². The summed E-state index contributed by atoms with van der Waals surface area (Å²) in [5.74, 6) is -0.731. The summed E-state index contributed by atoms with van der Waals surface area (Å²) in [7, 11) is 0. The highest BCUT2D eigenvalue weighted by Gasteiger charge is 2.14. The summed E-state index contributed by atoms with van der Waals surface area (Å²) in [6.07, 6.45) is 0. The van der Waals surface area contributed by atoms with Gasteiger partial charge < -0.3 is 5.32 Å². The minimum absolute atomic E-state index is 0.253. The third kappa shape index (κ3) is 3.79. The predicted octanol–water partition coefficient (Wildman–Crippen LogP) is 1.45. The molecule has 1 atom stereocenters. The molecule has 0 fully saturated rings. The fraction of sp³-hybridized carbons (Fsp3) is 0.176. The van der Waals surface area contributed by atoms with E-state index >= 15 is 0 Å². The minimum atomic E-state index is -0.504. The Morgan fingerprint density at radius 3 is 2.48 bits per heavy atom. The molecule has 1 N–H and O–H groups in total. The zero-order chi connectivity index (χ0) is 17.8. The average Bonchev–Trinajstić information content (AvgIpc) is 2.96. The van der Waals surface area contributed by atoms with Crippen molar-refractivity contribution in [1.29, 1.82) is 0 Å². The summed E-state index contributed by atoms with van der Waals surface area (Å²) in [5.41, 5.74) is 0.824. The molecular formula is C17H16FN5O2. The number of amides is 1. The van der Waals surface area contributed by atoms with Gasteiger partial charge in [0.25, 0.3) is 0 Å². The molecule has 0 saturated carbocycles. The van der Waals surface area contributed by atoms with Crippen molar-refractivity contribution >= 4 is 5.91 Å². The van der Waals surface area contributed by atoms with Crippen LogP contribution in [0.15, 0.2) is 59.4 Å². The van der Waals surface area contributed by atoms with Crippen molar-refractivity contribution in [3.63, 3.8) is 0 Å². The average molecular weight is 341 g/mol. The Morgan fingerprint density at radius 1 is 1.12 bits per heavy atom. The molecule has 7 nitrogen and oxygen atoms in total. The number of carbonyl (C=O) groups is 1. The van der Waals surface area contributed by atoms with E-state index in [0.717, 1.165) is 14.9 Å². The van der Waals surface area contributed by atoms with Gasteiger partial charge in [0.05, 0.1) is 11.7 Å². The number of hydrogen-bond acceptors (Lipinski definition) is 4. The molecule has 0 unspecified atom stereocenters. The molecule has 2 aromatic carbocycles. The SMILES string of the molecule is C[C@@H](NC(=O)Cn1nnn(-c2ccccc2)c1=O)c1ccc(F)cc1. The van der Waals surface area contributed by atoms with Gasteiger partial charge in [0.1, 0.15) is 12.4 Å². The first-order chi connectivity index (χ1) is 12.0. The van der Waals surface area contributed by atoms with Gasteiger partial charge in [-0.15, -0.1) is 0 Å². The standard InChI is InChI=1S/C17H16FN5O2/c1-12(13-7-9-14(18)10-8-13)19-16(24)11-22-17(25)23(21-20-22)15-5-3-2-4-6-15/h2-10,12H,11H2,1H3,(H,19,24)/t12-/m1/s1. The summed E-state index contributed by atoms with van der Waals surface area (Å²) in [4.78, 5) is 24.4. The van der Waals surface area contributed by atoms with Gasteiger partial charge in [-0.05, 0) is 47.2 Å². The highest BCUT2D eigenvalue weighted by molar-refractivity contribution is 5.76. The number of para-hydroxylation sites is 1. The van der Waals surface area contributed by atoms with Crippen molar-refractivity contribution in [3.05, 3.63) is 76.5 Å². The first kappa shape index (κ1) is 16.6. The van der Waals surface area contributed by atoms with Crippen LogP contribution in [0.25, 0.3) is 5.69 Å². The maximum absolute atomic E-state index is 12.9. The van der Waals surface area contributed by atoms with Crippen LogP contribution in [0.4, 0.5) is 4.39 Å². The lowest BCUT2D eigenvalue weighted by Gasteiger charge is -2.13. The maximum Gasteiger partial charge on any atom is 0.368 e. The quantitative estimate of drug-likeness (QED) is 0.761. The fourth-order valence-corrected chi connectivity index (χ4v) is 2.36. The first-order valence-electron chi connectivity index (χ1n) is 7.67. The van der Waals surface area contributed by atoms with Crippen molar-refractivity contribution in [3.8, 4) is 5.69 Å². The molecule has 0 aliphatic heterocycles. The summed E-state index contributed by atoms with van der Waals surface area (Å²) in [6.45, 7) is 1.52. The highest BCUT2D eigenvalue weighted by Crippen LogP contribution is 2.12. The van der Waals surface area contributed by atoms with E-state index in [-0.39, 0.29) is 24.3 Å². The van der Waals surface area contributed by atoms with E-state index in [2.05, 4.69) is 15.7 Å². The molecule has 128 valence electrons. The van der Waals surface area contributed by atoms with Crippen LogP contribution in [0.2, 0.25) is 0 Å². The lowest BCUT2D eigenvalue weighted by atomic mass is 10.1. The molecule has 1 aromatic heterocycles. The van der Waals surface area contributed by atoms with E-state index in [1.54, 1.807) is 43.3 Å². The van der Waals surface area contributed by atoms with Gasteiger partial charge in [0.2, 0.25) is 5.91 Å². The lowest BCUT2D eigenvalue weighted by molar-refractivity contribution is -0.122. The van der Waals surface area contributed by atoms with Gasteiger partial charge in [-0.2, -0.15) is 9.36 Å². The normalized spacial score (nSPS) is 11.9. The molecule has 0 radical (unpaired) electrons. The number of benzene rings is 2. The Hall–Kier alpha value is -3.29. The summed E-state index contributed by atoms with van der Waals surface area (Å²) < 4.78 is 15.1. The molecule has 0 saturated heterocycles. The maximum atomic E-state index is 12.9. The second-order valence-electron chi connectivity index (χ2n) is 5.51. The summed E-state index contributed by atoms with van der Waals surface area (Å²) in [5, 5.41) is 10.3. The van der Waals surface area contributed by atoms with Gasteiger partial charge in [0.15, 0.2) is 0 Å². The minimum Gasteiger partial charge on any atom is -0.348 e.